The summed E-state index contributed by atoms with van der Waals surface area (Å²) in [6, 6.07) is 17.8. The second-order valence-corrected chi connectivity index (χ2v) is 6.31. The lowest BCUT2D eigenvalue weighted by molar-refractivity contribution is 0.0707. The maximum atomic E-state index is 12.9. The van der Waals surface area contributed by atoms with E-state index in [1.165, 1.54) is 0 Å². The molecule has 0 unspecified atom stereocenters. The molecule has 1 amide bonds. The van der Waals surface area contributed by atoms with Crippen LogP contribution < -0.4 is 5.73 Å². The molecule has 0 bridgehead atoms. The van der Waals surface area contributed by atoms with E-state index in [2.05, 4.69) is 11.2 Å². The number of nitrogens with two attached hydrogens (primary N) is 1. The van der Waals surface area contributed by atoms with Gasteiger partial charge in [0.05, 0.1) is 11.7 Å². The Morgan fingerprint density at radius 3 is 2.64 bits per heavy atom. The number of aromatic nitrogens is 2. The smallest absolute Gasteiger partial charge is 0.255 e. The van der Waals surface area contributed by atoms with Crippen LogP contribution in [0, 0.1) is 0 Å². The molecule has 3 aromatic rings. The van der Waals surface area contributed by atoms with Gasteiger partial charge >= 0.3 is 0 Å². The van der Waals surface area contributed by atoms with Gasteiger partial charge < -0.3 is 10.6 Å². The van der Waals surface area contributed by atoms with E-state index < -0.39 is 0 Å². The van der Waals surface area contributed by atoms with Gasteiger partial charge in [-0.25, -0.2) is 0 Å². The van der Waals surface area contributed by atoms with Crippen LogP contribution >= 0.6 is 0 Å². The molecule has 2 aromatic carbocycles. The first kappa shape index (κ1) is 15.6. The van der Waals surface area contributed by atoms with Gasteiger partial charge in [-0.1, -0.05) is 36.4 Å². The van der Waals surface area contributed by atoms with E-state index in [-0.39, 0.29) is 11.9 Å². The number of aryl methyl sites for hydroxylation is 1. The number of nitrogens with zero attached hydrogens (tertiary/aromatic N) is 3. The zero-order valence-electron chi connectivity index (χ0n) is 14.1. The Morgan fingerprint density at radius 2 is 1.96 bits per heavy atom. The van der Waals surface area contributed by atoms with Crippen LogP contribution in [0.2, 0.25) is 0 Å². The molecule has 1 aliphatic heterocycles. The highest BCUT2D eigenvalue weighted by Crippen LogP contribution is 2.33. The first-order chi connectivity index (χ1) is 12.2. The molecule has 1 atom stereocenters. The van der Waals surface area contributed by atoms with E-state index in [0.717, 1.165) is 27.9 Å². The first-order valence-corrected chi connectivity index (χ1v) is 8.36. The van der Waals surface area contributed by atoms with Crippen molar-refractivity contribution >= 4 is 5.91 Å². The quantitative estimate of drug-likeness (QED) is 0.799. The lowest BCUT2D eigenvalue weighted by Gasteiger charge is -2.27. The minimum Gasteiger partial charge on any atom is -0.328 e. The van der Waals surface area contributed by atoms with E-state index in [0.29, 0.717) is 13.1 Å². The summed E-state index contributed by atoms with van der Waals surface area (Å²) in [7, 11) is 1.92. The van der Waals surface area contributed by atoms with Crippen LogP contribution in [0.4, 0.5) is 0 Å². The van der Waals surface area contributed by atoms with Crippen LogP contribution in [-0.2, 0) is 13.6 Å². The van der Waals surface area contributed by atoms with E-state index >= 15 is 0 Å². The van der Waals surface area contributed by atoms with Crippen molar-refractivity contribution in [1.82, 2.24) is 14.7 Å². The maximum absolute atomic E-state index is 12.9. The molecule has 0 radical (unpaired) electrons. The minimum atomic E-state index is -0.110. The predicted octanol–water partition coefficient (Wildman–Crippen LogP) is 2.74. The Balaban J connectivity index is 1.68. The molecule has 0 saturated carbocycles. The third-order valence-corrected chi connectivity index (χ3v) is 4.84. The fourth-order valence-corrected chi connectivity index (χ4v) is 3.53. The summed E-state index contributed by atoms with van der Waals surface area (Å²) < 4.78 is 1.84. The highest BCUT2D eigenvalue weighted by molar-refractivity contribution is 5.99. The Kier molecular flexibility index (Phi) is 3.86. The number of benzene rings is 2. The van der Waals surface area contributed by atoms with Crippen molar-refractivity contribution in [3.63, 3.8) is 0 Å². The summed E-state index contributed by atoms with van der Waals surface area (Å²) in [5.41, 5.74) is 11.0. The zero-order valence-corrected chi connectivity index (χ0v) is 14.1. The molecule has 5 nitrogen and oxygen atoms in total. The Hall–Kier alpha value is -2.92. The van der Waals surface area contributed by atoms with Crippen LogP contribution in [-0.4, -0.2) is 27.1 Å². The van der Waals surface area contributed by atoms with Gasteiger partial charge in [-0.15, -0.1) is 0 Å². The van der Waals surface area contributed by atoms with Crippen molar-refractivity contribution in [2.45, 2.75) is 12.6 Å². The molecule has 5 heteroatoms. The van der Waals surface area contributed by atoms with Gasteiger partial charge in [-0.2, -0.15) is 5.10 Å². The number of rotatable bonds is 4. The number of amides is 1. The second-order valence-electron chi connectivity index (χ2n) is 6.31. The first-order valence-electron chi connectivity index (χ1n) is 8.36. The molecule has 2 heterocycles. The molecule has 0 spiro atoms. The minimum absolute atomic E-state index is 0.0471. The summed E-state index contributed by atoms with van der Waals surface area (Å²) in [6.45, 7) is 0.981. The molecule has 25 heavy (non-hydrogen) atoms. The summed E-state index contributed by atoms with van der Waals surface area (Å²) in [6.07, 6.45) is 1.78. The molecule has 4 rings (SSSR count). The summed E-state index contributed by atoms with van der Waals surface area (Å²) in [4.78, 5) is 14.8. The van der Waals surface area contributed by atoms with Crippen LogP contribution in [0.1, 0.15) is 27.5 Å². The molecule has 0 aliphatic carbocycles. The topological polar surface area (TPSA) is 64.2 Å². The summed E-state index contributed by atoms with van der Waals surface area (Å²) in [5, 5.41) is 4.22. The maximum Gasteiger partial charge on any atom is 0.255 e. The van der Waals surface area contributed by atoms with Gasteiger partial charge in [0.25, 0.3) is 5.91 Å². The van der Waals surface area contributed by atoms with Crippen LogP contribution in [0.5, 0.6) is 0 Å². The number of fused-ring (bicyclic) bond motifs is 1. The average Bonchev–Trinajstić information content (AvgIpc) is 3.20. The number of carbonyl (C=O) groups excluding carboxylic acids is 1. The molecule has 1 aromatic heterocycles. The molecular weight excluding hydrogens is 312 g/mol. The summed E-state index contributed by atoms with van der Waals surface area (Å²) >= 11 is 0. The third kappa shape index (κ3) is 2.62. The van der Waals surface area contributed by atoms with Gasteiger partial charge in [0.2, 0.25) is 0 Å². The SMILES string of the molecule is Cn1nccc1-c1ccc2c(c1)CN([C@@H](CN)c1ccccc1)C2=O. The molecule has 1 aliphatic rings. The van der Waals surface area contributed by atoms with E-state index in [1.807, 2.05) is 65.2 Å². The summed E-state index contributed by atoms with van der Waals surface area (Å²) in [5.74, 6) is 0.0471. The second kappa shape index (κ2) is 6.18. The Bertz CT molecular complexity index is 916. The van der Waals surface area contributed by atoms with Gasteiger partial charge in [0.15, 0.2) is 0 Å². The average molecular weight is 332 g/mol. The van der Waals surface area contributed by atoms with Crippen molar-refractivity contribution in [2.24, 2.45) is 12.8 Å². The fraction of sp³-hybridized carbons (Fsp3) is 0.200. The lowest BCUT2D eigenvalue weighted by atomic mass is 10.0. The highest BCUT2D eigenvalue weighted by Gasteiger charge is 2.33. The number of carbonyl (C=O) groups is 1. The molecule has 126 valence electrons. The van der Waals surface area contributed by atoms with Crippen LogP contribution in [0.25, 0.3) is 11.3 Å². The van der Waals surface area contributed by atoms with Gasteiger partial charge in [-0.3, -0.25) is 9.48 Å². The van der Waals surface area contributed by atoms with Gasteiger partial charge in [-0.05, 0) is 29.3 Å². The highest BCUT2D eigenvalue weighted by atomic mass is 16.2. The van der Waals surface area contributed by atoms with Crippen molar-refractivity contribution in [3.8, 4) is 11.3 Å². The standard InChI is InChI=1S/C20H20N4O/c1-23-18(9-10-22-23)15-7-8-17-16(11-15)13-24(20(17)25)19(12-21)14-5-3-2-4-6-14/h2-11,19H,12-13,21H2,1H3/t19-/m0/s1. The van der Waals surface area contributed by atoms with Crippen LogP contribution in [0.3, 0.4) is 0 Å². The Morgan fingerprint density at radius 1 is 1.16 bits per heavy atom. The van der Waals surface area contributed by atoms with Crippen molar-refractivity contribution in [1.29, 1.82) is 0 Å². The van der Waals surface area contributed by atoms with E-state index in [1.54, 1.807) is 6.20 Å². The van der Waals surface area contributed by atoms with Crippen molar-refractivity contribution in [3.05, 3.63) is 77.5 Å². The molecule has 0 saturated heterocycles. The Labute approximate surface area is 146 Å². The van der Waals surface area contributed by atoms with Crippen molar-refractivity contribution in [2.75, 3.05) is 6.54 Å². The largest absolute Gasteiger partial charge is 0.328 e. The van der Waals surface area contributed by atoms with E-state index in [9.17, 15) is 4.79 Å². The van der Waals surface area contributed by atoms with Crippen molar-refractivity contribution < 1.29 is 4.79 Å². The molecular formula is C20H20N4O. The number of hydrogen-bond acceptors (Lipinski definition) is 3. The molecule has 0 fully saturated rings. The lowest BCUT2D eigenvalue weighted by Crippen LogP contribution is -2.34. The molecule has 2 N–H and O–H groups in total. The fourth-order valence-electron chi connectivity index (χ4n) is 3.53. The monoisotopic (exact) mass is 332 g/mol. The predicted molar refractivity (Wildman–Crippen MR) is 96.8 cm³/mol. The van der Waals surface area contributed by atoms with Crippen LogP contribution in [0.15, 0.2) is 60.8 Å². The number of hydrogen-bond donors (Lipinski definition) is 1. The van der Waals surface area contributed by atoms with Gasteiger partial charge in [0, 0.05) is 37.5 Å². The van der Waals surface area contributed by atoms with Gasteiger partial charge in [0.1, 0.15) is 0 Å². The third-order valence-electron chi connectivity index (χ3n) is 4.84. The normalized spacial score (nSPS) is 14.6. The zero-order chi connectivity index (χ0) is 17.4. The van der Waals surface area contributed by atoms with E-state index in [4.69, 9.17) is 5.73 Å².